The van der Waals surface area contributed by atoms with Crippen LogP contribution in [0.4, 0.5) is 0 Å². The van der Waals surface area contributed by atoms with Crippen molar-refractivity contribution in [3.63, 3.8) is 0 Å². The average Bonchev–Trinajstić information content (AvgIpc) is 1.69. The van der Waals surface area contributed by atoms with E-state index in [2.05, 4.69) is 11.9 Å². The molecule has 0 rings (SSSR count). The lowest BCUT2D eigenvalue weighted by molar-refractivity contribution is 0.811. The zero-order valence-corrected chi connectivity index (χ0v) is 5.28. The Balaban J connectivity index is 2.69. The normalized spacial score (nSPS) is 10.6. The van der Waals surface area contributed by atoms with Crippen LogP contribution in [0.3, 0.4) is 0 Å². The fraction of sp³-hybridized carbons (Fsp3) is 0.800. The molecular formula is C5H10ClN. The van der Waals surface area contributed by atoms with Crippen LogP contribution in [-0.2, 0) is 0 Å². The molecule has 0 spiro atoms. The van der Waals surface area contributed by atoms with Gasteiger partial charge in [0.05, 0.1) is 5.67 Å². The van der Waals surface area contributed by atoms with E-state index in [0.29, 0.717) is 0 Å². The predicted molar refractivity (Wildman–Crippen MR) is 34.1 cm³/mol. The highest BCUT2D eigenvalue weighted by Gasteiger charge is 1.74. The highest BCUT2D eigenvalue weighted by molar-refractivity contribution is 6.56. The summed E-state index contributed by atoms with van der Waals surface area (Å²) in [5.41, 5.74) is 1.33. The summed E-state index contributed by atoms with van der Waals surface area (Å²) in [6.45, 7) is 3.00. The number of hydrogen-bond acceptors (Lipinski definition) is 1. The molecule has 0 unspecified atom stereocenters. The molecule has 0 atom stereocenters. The molecule has 0 amide bonds. The van der Waals surface area contributed by atoms with Crippen LogP contribution in [0.1, 0.15) is 19.8 Å². The summed E-state index contributed by atoms with van der Waals surface area (Å²) in [6, 6.07) is 0. The molecule has 1 nitrogen and oxygen atoms in total. The third-order valence-corrected chi connectivity index (χ3v) is 0.848. The van der Waals surface area contributed by atoms with E-state index in [0.717, 1.165) is 13.0 Å². The fourth-order valence-electron chi connectivity index (χ4n) is 0.298. The number of rotatable bonds is 3. The minimum absolute atomic E-state index is 0.875. The van der Waals surface area contributed by atoms with Gasteiger partial charge in [-0.15, -0.1) is 0 Å². The molecule has 0 fully saturated rings. The molecular weight excluding hydrogens is 110 g/mol. The summed E-state index contributed by atoms with van der Waals surface area (Å²) in [4.78, 5) is 3.80. The first kappa shape index (κ1) is 6.96. The third kappa shape index (κ3) is 5.96. The highest BCUT2D eigenvalue weighted by atomic mass is 35.5. The lowest BCUT2D eigenvalue weighted by atomic mass is 10.3. The first-order valence-electron chi connectivity index (χ1n) is 2.50. The summed E-state index contributed by atoms with van der Waals surface area (Å²) < 4.78 is 0. The van der Waals surface area contributed by atoms with Crippen LogP contribution in [0.25, 0.3) is 0 Å². The van der Waals surface area contributed by atoms with Gasteiger partial charge in [0, 0.05) is 6.54 Å². The quantitative estimate of drug-likeness (QED) is 0.398. The first-order chi connectivity index (χ1) is 3.41. The summed E-state index contributed by atoms with van der Waals surface area (Å²) >= 11 is 5.15. The third-order valence-electron chi connectivity index (χ3n) is 0.710. The van der Waals surface area contributed by atoms with Crippen LogP contribution in [0.5, 0.6) is 0 Å². The first-order valence-corrected chi connectivity index (χ1v) is 2.94. The van der Waals surface area contributed by atoms with Crippen molar-refractivity contribution in [3.05, 3.63) is 0 Å². The van der Waals surface area contributed by atoms with Gasteiger partial charge in [-0.2, -0.15) is 0 Å². The lowest BCUT2D eigenvalue weighted by Crippen LogP contribution is -1.75. The average molecular weight is 120 g/mol. The second-order valence-corrected chi connectivity index (χ2v) is 1.55. The largest absolute Gasteiger partial charge is 0.281 e. The number of aliphatic imine (C=N–C) groups is 1. The Morgan fingerprint density at radius 2 is 2.43 bits per heavy atom. The van der Waals surface area contributed by atoms with Crippen molar-refractivity contribution in [1.82, 2.24) is 0 Å². The minimum Gasteiger partial charge on any atom is -0.281 e. The molecule has 0 saturated carbocycles. The molecule has 0 bridgehead atoms. The fourth-order valence-corrected chi connectivity index (χ4v) is 0.396. The van der Waals surface area contributed by atoms with Gasteiger partial charge in [0.15, 0.2) is 0 Å². The van der Waals surface area contributed by atoms with E-state index in [1.54, 1.807) is 0 Å². The Morgan fingerprint density at radius 1 is 1.71 bits per heavy atom. The Bertz CT molecular complexity index is 52.0. The summed E-state index contributed by atoms with van der Waals surface area (Å²) in [7, 11) is 0. The van der Waals surface area contributed by atoms with Gasteiger partial charge >= 0.3 is 0 Å². The van der Waals surface area contributed by atoms with E-state index in [4.69, 9.17) is 11.6 Å². The van der Waals surface area contributed by atoms with Crippen LogP contribution in [0.2, 0.25) is 0 Å². The van der Waals surface area contributed by atoms with Crippen molar-refractivity contribution >= 4 is 17.3 Å². The van der Waals surface area contributed by atoms with Crippen molar-refractivity contribution in [2.75, 3.05) is 6.54 Å². The smallest absolute Gasteiger partial charge is 0.0871 e. The monoisotopic (exact) mass is 119 g/mol. The molecule has 0 N–H and O–H groups in total. The second kappa shape index (κ2) is 5.96. The maximum atomic E-state index is 5.15. The van der Waals surface area contributed by atoms with Crippen molar-refractivity contribution in [2.45, 2.75) is 19.8 Å². The number of halogens is 1. The van der Waals surface area contributed by atoms with Gasteiger partial charge in [-0.05, 0) is 6.42 Å². The molecule has 0 radical (unpaired) electrons. The standard InChI is InChI=1S/C5H10ClN/c1-2-3-4-7-5-6/h5H,2-4H2,1H3/b7-5+. The molecule has 0 aromatic carbocycles. The highest BCUT2D eigenvalue weighted by Crippen LogP contribution is 1.85. The van der Waals surface area contributed by atoms with E-state index >= 15 is 0 Å². The van der Waals surface area contributed by atoms with Gasteiger partial charge in [0.25, 0.3) is 0 Å². The molecule has 0 aromatic rings. The van der Waals surface area contributed by atoms with Crippen molar-refractivity contribution in [3.8, 4) is 0 Å². The molecule has 0 aliphatic heterocycles. The van der Waals surface area contributed by atoms with Gasteiger partial charge in [-0.1, -0.05) is 24.9 Å². The maximum absolute atomic E-state index is 5.15. The molecule has 0 heterocycles. The lowest BCUT2D eigenvalue weighted by Gasteiger charge is -1.83. The Hall–Kier alpha value is -0.0400. The van der Waals surface area contributed by atoms with Crippen LogP contribution in [-0.4, -0.2) is 12.2 Å². The van der Waals surface area contributed by atoms with Gasteiger partial charge < -0.3 is 0 Å². The summed E-state index contributed by atoms with van der Waals surface area (Å²) in [6.07, 6.45) is 2.33. The summed E-state index contributed by atoms with van der Waals surface area (Å²) in [5.74, 6) is 0. The molecule has 42 valence electrons. The van der Waals surface area contributed by atoms with Gasteiger partial charge in [-0.25, -0.2) is 0 Å². The van der Waals surface area contributed by atoms with Gasteiger partial charge in [0.2, 0.25) is 0 Å². The van der Waals surface area contributed by atoms with Gasteiger partial charge in [0.1, 0.15) is 0 Å². The Morgan fingerprint density at radius 3 is 2.86 bits per heavy atom. The van der Waals surface area contributed by atoms with E-state index in [-0.39, 0.29) is 0 Å². The van der Waals surface area contributed by atoms with E-state index in [1.807, 2.05) is 0 Å². The van der Waals surface area contributed by atoms with Crippen LogP contribution >= 0.6 is 11.6 Å². The molecule has 0 aromatic heterocycles. The second-order valence-electron chi connectivity index (χ2n) is 1.36. The van der Waals surface area contributed by atoms with Crippen LogP contribution in [0, 0.1) is 0 Å². The van der Waals surface area contributed by atoms with Gasteiger partial charge in [-0.3, -0.25) is 4.99 Å². The zero-order chi connectivity index (χ0) is 5.54. The van der Waals surface area contributed by atoms with Crippen LogP contribution in [0.15, 0.2) is 4.99 Å². The summed E-state index contributed by atoms with van der Waals surface area (Å²) in [5, 5.41) is 0. The number of hydrogen-bond donors (Lipinski definition) is 0. The number of nitrogens with zero attached hydrogens (tertiary/aromatic N) is 1. The minimum atomic E-state index is 0.875. The SMILES string of the molecule is CCCC/N=C/Cl. The topological polar surface area (TPSA) is 12.4 Å². The van der Waals surface area contributed by atoms with Crippen molar-refractivity contribution in [1.29, 1.82) is 0 Å². The Labute approximate surface area is 49.4 Å². The van der Waals surface area contributed by atoms with E-state index in [1.165, 1.54) is 12.1 Å². The van der Waals surface area contributed by atoms with E-state index < -0.39 is 0 Å². The van der Waals surface area contributed by atoms with E-state index in [9.17, 15) is 0 Å². The molecule has 7 heavy (non-hydrogen) atoms. The van der Waals surface area contributed by atoms with Crippen molar-refractivity contribution < 1.29 is 0 Å². The molecule has 0 saturated heterocycles. The molecule has 0 aliphatic rings. The van der Waals surface area contributed by atoms with Crippen molar-refractivity contribution in [2.24, 2.45) is 4.99 Å². The maximum Gasteiger partial charge on any atom is 0.0871 e. The molecule has 0 aliphatic carbocycles. The molecule has 2 heteroatoms. The number of unbranched alkanes of at least 4 members (excludes halogenated alkanes) is 1. The Kier molecular flexibility index (Phi) is 5.93. The zero-order valence-electron chi connectivity index (χ0n) is 4.52. The predicted octanol–water partition coefficient (Wildman–Crippen LogP) is 2.05. The van der Waals surface area contributed by atoms with Crippen LogP contribution < -0.4 is 0 Å².